The van der Waals surface area contributed by atoms with Gasteiger partial charge in [-0.15, -0.1) is 0 Å². The summed E-state index contributed by atoms with van der Waals surface area (Å²) in [5.41, 5.74) is 2.36. The van der Waals surface area contributed by atoms with Crippen molar-refractivity contribution < 1.29 is 24.2 Å². The van der Waals surface area contributed by atoms with Crippen molar-refractivity contribution in [3.05, 3.63) is 99.5 Å². The Labute approximate surface area is 220 Å². The number of aliphatic hydroxyl groups is 1. The Morgan fingerprint density at radius 2 is 1.67 bits per heavy atom. The van der Waals surface area contributed by atoms with Gasteiger partial charge in [0.25, 0.3) is 5.91 Å². The van der Waals surface area contributed by atoms with E-state index in [0.717, 1.165) is 11.1 Å². The van der Waals surface area contributed by atoms with Crippen molar-refractivity contribution in [1.29, 1.82) is 0 Å². The molecule has 36 heavy (non-hydrogen) atoms. The average Bonchev–Trinajstić information content (AvgIpc) is 3.25. The van der Waals surface area contributed by atoms with E-state index in [1.165, 1.54) is 4.90 Å². The van der Waals surface area contributed by atoms with E-state index in [-0.39, 0.29) is 32.4 Å². The number of hydrogen-bond donors (Lipinski definition) is 1. The van der Waals surface area contributed by atoms with Gasteiger partial charge in [0.1, 0.15) is 18.6 Å². The highest BCUT2D eigenvalue weighted by molar-refractivity contribution is 6.36. The zero-order chi connectivity index (χ0) is 25.5. The van der Waals surface area contributed by atoms with Gasteiger partial charge in [0, 0.05) is 35.3 Å². The molecule has 8 heteroatoms. The molecule has 0 spiro atoms. The molecule has 0 radical (unpaired) electrons. The third kappa shape index (κ3) is 6.26. The highest BCUT2D eigenvalue weighted by Crippen LogP contribution is 2.35. The summed E-state index contributed by atoms with van der Waals surface area (Å²) in [6, 6.07) is 22.3. The fourth-order valence-corrected chi connectivity index (χ4v) is 4.92. The number of nitrogens with zero attached hydrogens (tertiary/aromatic N) is 1. The molecular formula is C28H27Cl2NO5. The lowest BCUT2D eigenvalue weighted by molar-refractivity contribution is -0.241. The summed E-state index contributed by atoms with van der Waals surface area (Å²) in [6.07, 6.45) is 0.888. The van der Waals surface area contributed by atoms with Crippen molar-refractivity contribution in [2.75, 3.05) is 13.2 Å². The topological polar surface area (TPSA) is 76.1 Å². The number of hydrogen-bond acceptors (Lipinski definition) is 5. The maximum absolute atomic E-state index is 13.5. The van der Waals surface area contributed by atoms with Crippen molar-refractivity contribution in [2.45, 2.75) is 31.8 Å². The first kappa shape index (κ1) is 26.2. The molecule has 0 unspecified atom stereocenters. The minimum atomic E-state index is -1.79. The van der Waals surface area contributed by atoms with Crippen LogP contribution in [0.1, 0.15) is 23.1 Å². The number of rotatable bonds is 10. The summed E-state index contributed by atoms with van der Waals surface area (Å²) in [7, 11) is 0. The lowest BCUT2D eigenvalue weighted by Crippen LogP contribution is -2.52. The Kier molecular flexibility index (Phi) is 8.64. The summed E-state index contributed by atoms with van der Waals surface area (Å²) in [4.78, 5) is 26.3. The standard InChI is InChI=1S/C28H27Cl2NO5/c29-25-16-23(35-19-21-9-5-2-6-10-21)17-26(30)24(25)15-22(11-13-32)27(33)31-12-14-36-28(31,34)18-20-7-3-1-4-8-20/h1-10,13,16-17,22,34H,11-12,14-15,18-19H2/t22-,28+/m0/s1. The van der Waals surface area contributed by atoms with E-state index >= 15 is 0 Å². The SMILES string of the molecule is O=CC[C@@H](Cc1c(Cl)cc(OCc2ccccc2)cc1Cl)C(=O)N1CCO[C@]1(O)Cc1ccccc1. The highest BCUT2D eigenvalue weighted by Gasteiger charge is 2.45. The van der Waals surface area contributed by atoms with Crippen molar-refractivity contribution in [3.63, 3.8) is 0 Å². The average molecular weight is 528 g/mol. The zero-order valence-corrected chi connectivity index (χ0v) is 21.1. The van der Waals surface area contributed by atoms with Crippen molar-refractivity contribution in [3.8, 4) is 5.75 Å². The van der Waals surface area contributed by atoms with Gasteiger partial charge in [-0.05, 0) is 35.2 Å². The van der Waals surface area contributed by atoms with Crippen LogP contribution in [-0.2, 0) is 33.8 Å². The van der Waals surface area contributed by atoms with E-state index < -0.39 is 17.7 Å². The van der Waals surface area contributed by atoms with E-state index in [1.807, 2.05) is 60.7 Å². The largest absolute Gasteiger partial charge is 0.489 e. The molecule has 188 valence electrons. The van der Waals surface area contributed by atoms with Gasteiger partial charge in [-0.3, -0.25) is 9.69 Å². The summed E-state index contributed by atoms with van der Waals surface area (Å²) < 4.78 is 11.4. The van der Waals surface area contributed by atoms with Crippen LogP contribution in [0.5, 0.6) is 5.75 Å². The maximum atomic E-state index is 13.5. The number of carbonyl (C=O) groups is 2. The molecule has 1 heterocycles. The molecule has 0 saturated carbocycles. The van der Waals surface area contributed by atoms with Crippen LogP contribution >= 0.6 is 23.2 Å². The third-order valence-corrected chi connectivity index (χ3v) is 6.83. The van der Waals surface area contributed by atoms with E-state index in [0.29, 0.717) is 34.3 Å². The molecule has 1 saturated heterocycles. The van der Waals surface area contributed by atoms with Gasteiger partial charge in [0.05, 0.1) is 6.61 Å². The molecule has 2 atom stereocenters. The maximum Gasteiger partial charge on any atom is 0.255 e. The first-order valence-corrected chi connectivity index (χ1v) is 12.5. The van der Waals surface area contributed by atoms with E-state index in [4.69, 9.17) is 32.7 Å². The molecule has 6 nitrogen and oxygen atoms in total. The smallest absolute Gasteiger partial charge is 0.255 e. The van der Waals surface area contributed by atoms with Gasteiger partial charge in [-0.2, -0.15) is 0 Å². The van der Waals surface area contributed by atoms with Crippen LogP contribution in [0.2, 0.25) is 10.0 Å². The summed E-state index contributed by atoms with van der Waals surface area (Å²) in [6.45, 7) is 0.761. The third-order valence-electron chi connectivity index (χ3n) is 6.16. The van der Waals surface area contributed by atoms with Gasteiger partial charge in [-0.25, -0.2) is 0 Å². The summed E-state index contributed by atoms with van der Waals surface area (Å²) >= 11 is 13.1. The molecule has 1 aliphatic heterocycles. The number of ether oxygens (including phenoxy) is 2. The monoisotopic (exact) mass is 527 g/mol. The number of carbonyl (C=O) groups excluding carboxylic acids is 2. The van der Waals surface area contributed by atoms with E-state index in [2.05, 4.69) is 0 Å². The molecule has 0 aliphatic carbocycles. The molecule has 4 rings (SSSR count). The van der Waals surface area contributed by atoms with Gasteiger partial charge >= 0.3 is 0 Å². The first-order chi connectivity index (χ1) is 17.4. The summed E-state index contributed by atoms with van der Waals surface area (Å²) in [5, 5.41) is 11.9. The van der Waals surface area contributed by atoms with Crippen molar-refractivity contribution in [2.24, 2.45) is 5.92 Å². The number of halogens is 2. The predicted molar refractivity (Wildman–Crippen MR) is 138 cm³/mol. The highest BCUT2D eigenvalue weighted by atomic mass is 35.5. The molecule has 1 N–H and O–H groups in total. The molecule has 3 aromatic rings. The van der Waals surface area contributed by atoms with Crippen molar-refractivity contribution in [1.82, 2.24) is 4.90 Å². The Morgan fingerprint density at radius 1 is 1.06 bits per heavy atom. The van der Waals surface area contributed by atoms with Crippen LogP contribution in [-0.4, -0.2) is 41.3 Å². The Morgan fingerprint density at radius 3 is 2.28 bits per heavy atom. The predicted octanol–water partition coefficient (Wildman–Crippen LogP) is 5.07. The number of benzene rings is 3. The van der Waals surface area contributed by atoms with Crippen LogP contribution < -0.4 is 4.74 Å². The molecule has 3 aromatic carbocycles. The fourth-order valence-electron chi connectivity index (χ4n) is 4.30. The Hall–Kier alpha value is -2.90. The quantitative estimate of drug-likeness (QED) is 0.372. The van der Waals surface area contributed by atoms with Crippen LogP contribution in [0, 0.1) is 5.92 Å². The minimum Gasteiger partial charge on any atom is -0.489 e. The van der Waals surface area contributed by atoms with Crippen LogP contribution in [0.4, 0.5) is 0 Å². The molecule has 0 bridgehead atoms. The number of aldehydes is 1. The van der Waals surface area contributed by atoms with Gasteiger partial charge in [0.2, 0.25) is 5.91 Å². The van der Waals surface area contributed by atoms with Crippen LogP contribution in [0.15, 0.2) is 72.8 Å². The van der Waals surface area contributed by atoms with Crippen molar-refractivity contribution >= 4 is 35.4 Å². The van der Waals surface area contributed by atoms with Crippen LogP contribution in [0.3, 0.4) is 0 Å². The Balaban J connectivity index is 1.49. The molecule has 0 aromatic heterocycles. The van der Waals surface area contributed by atoms with Gasteiger partial charge in [0.15, 0.2) is 0 Å². The minimum absolute atomic E-state index is 0.0460. The van der Waals surface area contributed by atoms with Gasteiger partial charge in [-0.1, -0.05) is 83.9 Å². The molecule has 1 amide bonds. The van der Waals surface area contributed by atoms with E-state index in [9.17, 15) is 14.7 Å². The Bertz CT molecular complexity index is 1170. The second kappa shape index (κ2) is 11.9. The number of amides is 1. The van der Waals surface area contributed by atoms with Crippen LogP contribution in [0.25, 0.3) is 0 Å². The molecule has 1 fully saturated rings. The second-order valence-corrected chi connectivity index (χ2v) is 9.50. The lowest BCUT2D eigenvalue weighted by Gasteiger charge is -2.34. The molecule has 1 aliphatic rings. The lowest BCUT2D eigenvalue weighted by atomic mass is 9.94. The normalized spacial score (nSPS) is 18.1. The van der Waals surface area contributed by atoms with E-state index in [1.54, 1.807) is 12.1 Å². The molecular weight excluding hydrogens is 501 g/mol. The first-order valence-electron chi connectivity index (χ1n) is 11.7. The second-order valence-electron chi connectivity index (χ2n) is 8.69. The fraction of sp³-hybridized carbons (Fsp3) is 0.286. The van der Waals surface area contributed by atoms with Gasteiger partial charge < -0.3 is 19.4 Å². The summed E-state index contributed by atoms with van der Waals surface area (Å²) in [5.74, 6) is -2.45. The zero-order valence-electron chi connectivity index (χ0n) is 19.6.